The molecule has 1 unspecified atom stereocenters. The van der Waals surface area contributed by atoms with E-state index in [9.17, 15) is 4.79 Å². The summed E-state index contributed by atoms with van der Waals surface area (Å²) in [5, 5.41) is 11.0. The van der Waals surface area contributed by atoms with Crippen LogP contribution < -0.4 is 0 Å². The number of carboxylic acid groups (broad SMARTS) is 1. The molecule has 17 heavy (non-hydrogen) atoms. The second-order valence-corrected chi connectivity index (χ2v) is 5.65. The molecule has 1 fully saturated rings. The van der Waals surface area contributed by atoms with Crippen LogP contribution in [0.5, 0.6) is 0 Å². The van der Waals surface area contributed by atoms with E-state index in [1.807, 2.05) is 0 Å². The molecule has 0 bridgehead atoms. The fourth-order valence-corrected chi connectivity index (χ4v) is 3.19. The van der Waals surface area contributed by atoms with E-state index in [2.05, 4.69) is 22.4 Å². The van der Waals surface area contributed by atoms with E-state index in [1.165, 1.54) is 17.7 Å². The molecule has 0 spiro atoms. The number of carbonyl (C=O) groups is 1. The summed E-state index contributed by atoms with van der Waals surface area (Å²) in [4.78, 5) is 14.6. The molecule has 0 saturated carbocycles. The van der Waals surface area contributed by atoms with Crippen LogP contribution in [0.25, 0.3) is 0 Å². The van der Waals surface area contributed by atoms with Gasteiger partial charge in [-0.3, -0.25) is 9.69 Å². The van der Waals surface area contributed by atoms with Crippen LogP contribution in [0.2, 0.25) is 0 Å². The van der Waals surface area contributed by atoms with Crippen LogP contribution in [0.3, 0.4) is 0 Å². The monoisotopic (exact) mass is 253 g/mol. The van der Waals surface area contributed by atoms with Gasteiger partial charge < -0.3 is 5.11 Å². The maximum absolute atomic E-state index is 10.8. The second kappa shape index (κ2) is 6.17. The van der Waals surface area contributed by atoms with Gasteiger partial charge in [0.25, 0.3) is 0 Å². The van der Waals surface area contributed by atoms with Crippen molar-refractivity contribution in [3.05, 3.63) is 22.4 Å². The number of piperidine rings is 1. The summed E-state index contributed by atoms with van der Waals surface area (Å²) in [6, 6.07) is 4.48. The maximum atomic E-state index is 10.8. The highest BCUT2D eigenvalue weighted by Gasteiger charge is 2.24. The Bertz CT molecular complexity index is 350. The van der Waals surface area contributed by atoms with Gasteiger partial charge in [-0.2, -0.15) is 0 Å². The first-order chi connectivity index (χ1) is 8.25. The van der Waals surface area contributed by atoms with Crippen molar-refractivity contribution in [1.29, 1.82) is 0 Å². The lowest BCUT2D eigenvalue weighted by molar-refractivity contribution is -0.138. The van der Waals surface area contributed by atoms with E-state index < -0.39 is 5.97 Å². The Morgan fingerprint density at radius 2 is 2.41 bits per heavy atom. The van der Waals surface area contributed by atoms with E-state index in [0.29, 0.717) is 6.42 Å². The summed E-state index contributed by atoms with van der Waals surface area (Å²) in [5.74, 6) is -0.668. The number of aliphatic carboxylic acids is 1. The average molecular weight is 253 g/mol. The third kappa shape index (κ3) is 3.82. The van der Waals surface area contributed by atoms with Gasteiger partial charge in [0.15, 0.2) is 0 Å². The molecule has 2 heterocycles. The zero-order valence-corrected chi connectivity index (χ0v) is 10.8. The number of thiophene rings is 1. The van der Waals surface area contributed by atoms with E-state index in [-0.39, 0.29) is 6.04 Å². The number of likely N-dealkylation sites (tertiary alicyclic amines) is 1. The molecule has 3 nitrogen and oxygen atoms in total. The molecule has 0 aromatic carbocycles. The summed E-state index contributed by atoms with van der Waals surface area (Å²) in [7, 11) is 0. The Morgan fingerprint density at radius 1 is 1.53 bits per heavy atom. The third-order valence-corrected chi connectivity index (χ3v) is 4.32. The van der Waals surface area contributed by atoms with E-state index in [0.717, 1.165) is 25.9 Å². The Kier molecular flexibility index (Phi) is 4.57. The molecule has 1 aliphatic heterocycles. The first-order valence-electron chi connectivity index (χ1n) is 6.24. The molecule has 2 rings (SSSR count). The number of nitrogens with zero attached hydrogens (tertiary/aromatic N) is 1. The van der Waals surface area contributed by atoms with Gasteiger partial charge in [0.2, 0.25) is 0 Å². The van der Waals surface area contributed by atoms with Crippen molar-refractivity contribution in [2.75, 3.05) is 13.1 Å². The van der Waals surface area contributed by atoms with Crippen LogP contribution in [-0.4, -0.2) is 35.1 Å². The van der Waals surface area contributed by atoms with Crippen LogP contribution in [0.15, 0.2) is 17.5 Å². The van der Waals surface area contributed by atoms with Crippen molar-refractivity contribution in [3.8, 4) is 0 Å². The van der Waals surface area contributed by atoms with Crippen molar-refractivity contribution in [3.63, 3.8) is 0 Å². The third-order valence-electron chi connectivity index (χ3n) is 3.38. The smallest absolute Gasteiger partial charge is 0.304 e. The predicted molar refractivity (Wildman–Crippen MR) is 69.5 cm³/mol. The molecule has 1 aliphatic rings. The predicted octanol–water partition coefficient (Wildman–Crippen LogP) is 2.62. The summed E-state index contributed by atoms with van der Waals surface area (Å²) >= 11 is 1.78. The fourth-order valence-electron chi connectivity index (χ4n) is 2.50. The van der Waals surface area contributed by atoms with Gasteiger partial charge in [-0.1, -0.05) is 12.5 Å². The Hall–Kier alpha value is -0.870. The quantitative estimate of drug-likeness (QED) is 0.877. The molecule has 0 radical (unpaired) electrons. The van der Waals surface area contributed by atoms with Crippen molar-refractivity contribution in [1.82, 2.24) is 4.90 Å². The highest BCUT2D eigenvalue weighted by molar-refractivity contribution is 7.09. The van der Waals surface area contributed by atoms with Crippen molar-refractivity contribution >= 4 is 17.3 Å². The molecule has 1 aromatic rings. The minimum Gasteiger partial charge on any atom is -0.481 e. The molecule has 1 saturated heterocycles. The van der Waals surface area contributed by atoms with Crippen LogP contribution >= 0.6 is 11.3 Å². The molecule has 0 aliphatic carbocycles. The lowest BCUT2D eigenvalue weighted by Gasteiger charge is -2.34. The maximum Gasteiger partial charge on any atom is 0.304 e. The number of rotatable bonds is 5. The molecule has 4 heteroatoms. The first kappa shape index (κ1) is 12.6. The standard InChI is InChI=1S/C13H19NO2S/c15-13(16)10-11-4-1-2-7-14(11)8-6-12-5-3-9-17-12/h3,5,9,11H,1-2,4,6-8,10H2,(H,15,16). The summed E-state index contributed by atoms with van der Waals surface area (Å²) < 4.78 is 0. The van der Waals surface area contributed by atoms with E-state index in [1.54, 1.807) is 11.3 Å². The van der Waals surface area contributed by atoms with Gasteiger partial charge in [-0.15, -0.1) is 11.3 Å². The normalized spacial score (nSPS) is 21.5. The molecule has 94 valence electrons. The van der Waals surface area contributed by atoms with Crippen LogP contribution in [-0.2, 0) is 11.2 Å². The zero-order chi connectivity index (χ0) is 12.1. The Morgan fingerprint density at radius 3 is 3.12 bits per heavy atom. The molecule has 1 atom stereocenters. The van der Waals surface area contributed by atoms with Gasteiger partial charge >= 0.3 is 5.97 Å². The lowest BCUT2D eigenvalue weighted by atomic mass is 9.99. The van der Waals surface area contributed by atoms with Crippen LogP contribution in [0.1, 0.15) is 30.6 Å². The molecular formula is C13H19NO2S. The molecule has 1 aromatic heterocycles. The van der Waals surface area contributed by atoms with Gasteiger partial charge in [0.1, 0.15) is 0 Å². The SMILES string of the molecule is O=C(O)CC1CCCCN1CCc1cccs1. The first-order valence-corrected chi connectivity index (χ1v) is 7.12. The van der Waals surface area contributed by atoms with Crippen molar-refractivity contribution in [2.45, 2.75) is 38.1 Å². The second-order valence-electron chi connectivity index (χ2n) is 4.61. The van der Waals surface area contributed by atoms with Gasteiger partial charge in [0.05, 0.1) is 6.42 Å². The minimum atomic E-state index is -0.668. The summed E-state index contributed by atoms with van der Waals surface area (Å²) in [5.41, 5.74) is 0. The summed E-state index contributed by atoms with van der Waals surface area (Å²) in [6.45, 7) is 2.06. The van der Waals surface area contributed by atoms with Crippen LogP contribution in [0.4, 0.5) is 0 Å². The molecular weight excluding hydrogens is 234 g/mol. The van der Waals surface area contributed by atoms with E-state index in [4.69, 9.17) is 5.11 Å². The lowest BCUT2D eigenvalue weighted by Crippen LogP contribution is -2.41. The van der Waals surface area contributed by atoms with Gasteiger partial charge in [0, 0.05) is 17.5 Å². The molecule has 0 amide bonds. The number of hydrogen-bond donors (Lipinski definition) is 1. The molecule has 1 N–H and O–H groups in total. The fraction of sp³-hybridized carbons (Fsp3) is 0.615. The number of hydrogen-bond acceptors (Lipinski definition) is 3. The van der Waals surface area contributed by atoms with E-state index >= 15 is 0 Å². The van der Waals surface area contributed by atoms with Crippen LogP contribution in [0, 0.1) is 0 Å². The Balaban J connectivity index is 1.85. The summed E-state index contributed by atoms with van der Waals surface area (Å²) in [6.07, 6.45) is 4.77. The number of carboxylic acids is 1. The average Bonchev–Trinajstić information content (AvgIpc) is 2.80. The van der Waals surface area contributed by atoms with Gasteiger partial charge in [-0.05, 0) is 37.3 Å². The highest BCUT2D eigenvalue weighted by atomic mass is 32.1. The van der Waals surface area contributed by atoms with Gasteiger partial charge in [-0.25, -0.2) is 0 Å². The Labute approximate surface area is 106 Å². The minimum absolute atomic E-state index is 0.251. The van der Waals surface area contributed by atoms with Crippen molar-refractivity contribution < 1.29 is 9.90 Å². The highest BCUT2D eigenvalue weighted by Crippen LogP contribution is 2.20. The topological polar surface area (TPSA) is 40.5 Å². The largest absolute Gasteiger partial charge is 0.481 e. The van der Waals surface area contributed by atoms with Crippen molar-refractivity contribution in [2.24, 2.45) is 0 Å². The zero-order valence-electron chi connectivity index (χ0n) is 9.97.